The summed E-state index contributed by atoms with van der Waals surface area (Å²) >= 11 is 0. The summed E-state index contributed by atoms with van der Waals surface area (Å²) in [6, 6.07) is 2.57. The Morgan fingerprint density at radius 2 is 2.12 bits per heavy atom. The number of carbonyl (C=O) groups is 2. The van der Waals surface area contributed by atoms with Crippen LogP contribution in [0.25, 0.3) is 0 Å². The number of hydrazine groups is 1. The zero-order chi connectivity index (χ0) is 12.3. The van der Waals surface area contributed by atoms with Crippen LogP contribution in [0.3, 0.4) is 0 Å². The van der Waals surface area contributed by atoms with Crippen molar-refractivity contribution in [2.45, 2.75) is 0 Å². The van der Waals surface area contributed by atoms with Crippen LogP contribution in [-0.2, 0) is 4.79 Å². The fraction of sp³-hybridized carbons (Fsp3) is 0. The van der Waals surface area contributed by atoms with Crippen LogP contribution in [0.4, 0.5) is 10.7 Å². The molecule has 1 aromatic rings. The average Bonchev–Trinajstić information content (AvgIpc) is 2.59. The third-order valence-corrected chi connectivity index (χ3v) is 1.86. The topological polar surface area (TPSA) is 111 Å². The number of hydrogen-bond acceptors (Lipinski definition) is 6. The fourth-order valence-electron chi connectivity index (χ4n) is 1.16. The van der Waals surface area contributed by atoms with Gasteiger partial charge >= 0.3 is 6.03 Å². The van der Waals surface area contributed by atoms with E-state index in [0.717, 1.165) is 6.08 Å². The van der Waals surface area contributed by atoms with Crippen molar-refractivity contribution in [1.29, 1.82) is 5.26 Å². The molecule has 1 aliphatic rings. The number of imide groups is 1. The lowest BCUT2D eigenvalue weighted by atomic mass is 10.4. The molecule has 84 valence electrons. The summed E-state index contributed by atoms with van der Waals surface area (Å²) in [5.74, 6) is -0.557. The van der Waals surface area contributed by atoms with Crippen molar-refractivity contribution in [1.82, 2.24) is 20.3 Å². The largest absolute Gasteiger partial charge is 0.348 e. The molecule has 0 unspecified atom stereocenters. The van der Waals surface area contributed by atoms with Gasteiger partial charge in [-0.1, -0.05) is 0 Å². The first-order chi connectivity index (χ1) is 8.22. The number of hydrogen-bond donors (Lipinski definition) is 2. The van der Waals surface area contributed by atoms with Gasteiger partial charge in [-0.05, 0) is 6.07 Å². The monoisotopic (exact) mass is 230 g/mol. The van der Waals surface area contributed by atoms with E-state index in [1.54, 1.807) is 12.1 Å². The third kappa shape index (κ3) is 2.03. The predicted octanol–water partition coefficient (Wildman–Crippen LogP) is -0.237. The molecule has 2 heterocycles. The van der Waals surface area contributed by atoms with E-state index < -0.39 is 11.9 Å². The number of carbonyl (C=O) groups excluding carboxylic acids is 2. The van der Waals surface area contributed by atoms with E-state index in [1.807, 2.05) is 0 Å². The van der Waals surface area contributed by atoms with Gasteiger partial charge in [0, 0.05) is 18.5 Å². The van der Waals surface area contributed by atoms with Gasteiger partial charge in [-0.2, -0.15) is 10.3 Å². The Morgan fingerprint density at radius 1 is 1.41 bits per heavy atom. The van der Waals surface area contributed by atoms with Crippen molar-refractivity contribution in [3.8, 4) is 6.07 Å². The molecule has 0 saturated carbocycles. The SMILES string of the molecule is N#C/C=C1\NC(=O)N(Nc2ncccn2)C1=O. The normalized spacial score (nSPS) is 16.9. The van der Waals surface area contributed by atoms with Crippen LogP contribution in [0.1, 0.15) is 0 Å². The first-order valence-corrected chi connectivity index (χ1v) is 4.51. The summed E-state index contributed by atoms with van der Waals surface area (Å²) < 4.78 is 0. The maximum absolute atomic E-state index is 11.6. The highest BCUT2D eigenvalue weighted by atomic mass is 16.2. The number of amides is 3. The molecule has 3 amide bonds. The lowest BCUT2D eigenvalue weighted by Gasteiger charge is -2.12. The zero-order valence-electron chi connectivity index (χ0n) is 8.41. The van der Waals surface area contributed by atoms with Crippen LogP contribution in [0, 0.1) is 11.3 Å². The highest BCUT2D eigenvalue weighted by Crippen LogP contribution is 2.09. The molecule has 0 bridgehead atoms. The Hall–Kier alpha value is -2.95. The van der Waals surface area contributed by atoms with Crippen LogP contribution in [-0.4, -0.2) is 26.9 Å². The Bertz CT molecular complexity index is 532. The Kier molecular flexibility index (Phi) is 2.66. The molecular formula is C9H6N6O2. The second-order valence-electron chi connectivity index (χ2n) is 2.94. The molecule has 2 rings (SSSR count). The van der Waals surface area contributed by atoms with Gasteiger partial charge in [0.1, 0.15) is 5.70 Å². The number of urea groups is 1. The molecule has 1 aromatic heterocycles. The number of nitrogens with zero attached hydrogens (tertiary/aromatic N) is 4. The smallest absolute Gasteiger partial charge is 0.300 e. The minimum Gasteiger partial charge on any atom is -0.300 e. The van der Waals surface area contributed by atoms with Gasteiger partial charge in [-0.3, -0.25) is 10.2 Å². The Morgan fingerprint density at radius 3 is 2.76 bits per heavy atom. The van der Waals surface area contributed by atoms with Crippen LogP contribution < -0.4 is 10.7 Å². The second kappa shape index (κ2) is 4.28. The van der Waals surface area contributed by atoms with E-state index in [9.17, 15) is 9.59 Å². The quantitative estimate of drug-likeness (QED) is 0.412. The van der Waals surface area contributed by atoms with Crippen molar-refractivity contribution in [3.05, 3.63) is 30.2 Å². The number of nitriles is 1. The van der Waals surface area contributed by atoms with E-state index in [2.05, 4.69) is 20.7 Å². The summed E-state index contributed by atoms with van der Waals surface area (Å²) in [6.45, 7) is 0. The van der Waals surface area contributed by atoms with Gasteiger partial charge in [0.2, 0.25) is 5.95 Å². The lowest BCUT2D eigenvalue weighted by Crippen LogP contribution is -2.36. The number of anilines is 1. The summed E-state index contributed by atoms with van der Waals surface area (Å²) in [4.78, 5) is 30.6. The molecule has 2 N–H and O–H groups in total. The number of aromatic nitrogens is 2. The first kappa shape index (κ1) is 10.6. The molecule has 1 saturated heterocycles. The predicted molar refractivity (Wildman–Crippen MR) is 54.7 cm³/mol. The van der Waals surface area contributed by atoms with E-state index >= 15 is 0 Å². The number of nitrogens with one attached hydrogen (secondary N) is 2. The molecule has 0 radical (unpaired) electrons. The molecule has 1 fully saturated rings. The molecule has 8 nitrogen and oxygen atoms in total. The highest BCUT2D eigenvalue weighted by Gasteiger charge is 2.34. The van der Waals surface area contributed by atoms with Gasteiger partial charge in [-0.25, -0.2) is 14.8 Å². The van der Waals surface area contributed by atoms with E-state index in [4.69, 9.17) is 5.26 Å². The molecule has 17 heavy (non-hydrogen) atoms. The highest BCUT2D eigenvalue weighted by molar-refractivity contribution is 6.12. The van der Waals surface area contributed by atoms with Gasteiger partial charge in [0.25, 0.3) is 5.91 Å². The van der Waals surface area contributed by atoms with Crippen molar-refractivity contribution in [2.75, 3.05) is 5.43 Å². The van der Waals surface area contributed by atoms with E-state index in [-0.39, 0.29) is 11.6 Å². The number of allylic oxidation sites excluding steroid dienone is 1. The lowest BCUT2D eigenvalue weighted by molar-refractivity contribution is -0.122. The van der Waals surface area contributed by atoms with Crippen LogP contribution in [0.2, 0.25) is 0 Å². The molecule has 0 spiro atoms. The molecule has 1 aliphatic heterocycles. The van der Waals surface area contributed by atoms with Crippen molar-refractivity contribution >= 4 is 17.9 Å². The summed E-state index contributed by atoms with van der Waals surface area (Å²) in [5.41, 5.74) is 2.33. The summed E-state index contributed by atoms with van der Waals surface area (Å²) in [7, 11) is 0. The standard InChI is InChI=1S/C9H6N6O2/c10-3-2-6-7(16)15(9(17)13-6)14-8-11-4-1-5-12-8/h1-2,4-5H,(H,13,17)(H,11,12,14)/b6-2-. The van der Waals surface area contributed by atoms with Crippen molar-refractivity contribution in [2.24, 2.45) is 0 Å². The second-order valence-corrected chi connectivity index (χ2v) is 2.94. The minimum absolute atomic E-state index is 0.0964. The number of rotatable bonds is 2. The van der Waals surface area contributed by atoms with Gasteiger partial charge < -0.3 is 5.32 Å². The molecule has 0 aromatic carbocycles. The first-order valence-electron chi connectivity index (χ1n) is 4.51. The molecule has 0 aliphatic carbocycles. The Balaban J connectivity index is 2.18. The van der Waals surface area contributed by atoms with Crippen molar-refractivity contribution < 1.29 is 9.59 Å². The minimum atomic E-state index is -0.691. The third-order valence-electron chi connectivity index (χ3n) is 1.86. The zero-order valence-corrected chi connectivity index (χ0v) is 8.41. The Labute approximate surface area is 95.5 Å². The van der Waals surface area contributed by atoms with Gasteiger partial charge in [0.15, 0.2) is 0 Å². The maximum atomic E-state index is 11.6. The van der Waals surface area contributed by atoms with Gasteiger partial charge in [0.05, 0.1) is 6.07 Å². The van der Waals surface area contributed by atoms with E-state index in [1.165, 1.54) is 12.4 Å². The molecular weight excluding hydrogens is 224 g/mol. The average molecular weight is 230 g/mol. The van der Waals surface area contributed by atoms with Crippen LogP contribution in [0.15, 0.2) is 30.2 Å². The van der Waals surface area contributed by atoms with Crippen LogP contribution in [0.5, 0.6) is 0 Å². The van der Waals surface area contributed by atoms with Crippen molar-refractivity contribution in [3.63, 3.8) is 0 Å². The fourth-order valence-corrected chi connectivity index (χ4v) is 1.16. The van der Waals surface area contributed by atoms with Gasteiger partial charge in [-0.15, -0.1) is 0 Å². The summed E-state index contributed by atoms with van der Waals surface area (Å²) in [5, 5.41) is 11.3. The van der Waals surface area contributed by atoms with E-state index in [0.29, 0.717) is 5.01 Å². The maximum Gasteiger partial charge on any atom is 0.348 e. The summed E-state index contributed by atoms with van der Waals surface area (Å²) in [6.07, 6.45) is 3.87. The molecule has 8 heteroatoms. The molecule has 0 atom stereocenters. The van der Waals surface area contributed by atoms with Crippen LogP contribution >= 0.6 is 0 Å².